The van der Waals surface area contributed by atoms with E-state index in [0.717, 1.165) is 17.7 Å². The number of nitro groups is 1. The number of hydrogen-bond acceptors (Lipinski definition) is 3. The van der Waals surface area contributed by atoms with E-state index < -0.39 is 0 Å². The molecular formula is C8H9ClN2O2. The van der Waals surface area contributed by atoms with E-state index in [9.17, 15) is 10.1 Å². The predicted molar refractivity (Wildman–Crippen MR) is 50.9 cm³/mol. The Hall–Kier alpha value is -1.13. The maximum atomic E-state index is 10.5. The van der Waals surface area contributed by atoms with Gasteiger partial charge in [-0.15, -0.1) is 12.4 Å². The minimum atomic E-state index is -0.328. The Morgan fingerprint density at radius 3 is 2.85 bits per heavy atom. The smallest absolute Gasteiger partial charge is 0.274 e. The number of rotatable bonds is 1. The molecule has 4 nitrogen and oxygen atoms in total. The number of halogens is 1. The van der Waals surface area contributed by atoms with E-state index >= 15 is 0 Å². The van der Waals surface area contributed by atoms with E-state index in [1.54, 1.807) is 12.1 Å². The van der Waals surface area contributed by atoms with Gasteiger partial charge in [0, 0.05) is 24.7 Å². The Morgan fingerprint density at radius 2 is 2.15 bits per heavy atom. The fraction of sp³-hybridized carbons (Fsp3) is 0.250. The van der Waals surface area contributed by atoms with Crippen LogP contribution in [0.15, 0.2) is 18.2 Å². The predicted octanol–water partition coefficient (Wildman–Crippen LogP) is 1.62. The van der Waals surface area contributed by atoms with Crippen molar-refractivity contribution >= 4 is 18.1 Å². The summed E-state index contributed by atoms with van der Waals surface area (Å²) in [6.07, 6.45) is 0. The lowest BCUT2D eigenvalue weighted by atomic mass is 10.1. The first-order chi connectivity index (χ1) is 5.79. The lowest BCUT2D eigenvalue weighted by molar-refractivity contribution is -0.385. The molecule has 0 saturated heterocycles. The highest BCUT2D eigenvalue weighted by atomic mass is 35.5. The van der Waals surface area contributed by atoms with Crippen LogP contribution in [0.25, 0.3) is 0 Å². The quantitative estimate of drug-likeness (QED) is 0.554. The van der Waals surface area contributed by atoms with Crippen LogP contribution >= 0.6 is 12.4 Å². The van der Waals surface area contributed by atoms with E-state index in [1.165, 1.54) is 0 Å². The second kappa shape index (κ2) is 3.72. The van der Waals surface area contributed by atoms with Crippen molar-refractivity contribution in [3.63, 3.8) is 0 Å². The van der Waals surface area contributed by atoms with Crippen molar-refractivity contribution in [3.05, 3.63) is 39.4 Å². The average molecular weight is 201 g/mol. The van der Waals surface area contributed by atoms with Crippen LogP contribution in [-0.2, 0) is 13.1 Å². The number of nitrogens with zero attached hydrogens (tertiary/aromatic N) is 1. The summed E-state index contributed by atoms with van der Waals surface area (Å²) in [5.74, 6) is 0. The highest BCUT2D eigenvalue weighted by Gasteiger charge is 2.20. The molecule has 0 atom stereocenters. The van der Waals surface area contributed by atoms with Crippen LogP contribution in [0, 0.1) is 10.1 Å². The molecule has 5 heteroatoms. The molecule has 0 aliphatic carbocycles. The van der Waals surface area contributed by atoms with Crippen molar-refractivity contribution in [3.8, 4) is 0 Å². The zero-order chi connectivity index (χ0) is 8.55. The van der Waals surface area contributed by atoms with Gasteiger partial charge in [-0.1, -0.05) is 12.1 Å². The molecular weight excluding hydrogens is 192 g/mol. The molecule has 0 aromatic heterocycles. The van der Waals surface area contributed by atoms with Gasteiger partial charge in [0.05, 0.1) is 4.92 Å². The monoisotopic (exact) mass is 200 g/mol. The summed E-state index contributed by atoms with van der Waals surface area (Å²) in [4.78, 5) is 10.2. The summed E-state index contributed by atoms with van der Waals surface area (Å²) in [5.41, 5.74) is 2.12. The molecule has 1 N–H and O–H groups in total. The molecule has 0 spiro atoms. The van der Waals surface area contributed by atoms with Crippen molar-refractivity contribution in [1.82, 2.24) is 5.32 Å². The summed E-state index contributed by atoms with van der Waals surface area (Å²) in [7, 11) is 0. The Bertz CT molecular complexity index is 341. The maximum absolute atomic E-state index is 10.5. The van der Waals surface area contributed by atoms with E-state index in [1.807, 2.05) is 6.07 Å². The fourth-order valence-electron chi connectivity index (χ4n) is 1.48. The second-order valence-electron chi connectivity index (χ2n) is 2.78. The van der Waals surface area contributed by atoms with Crippen LogP contribution in [0.2, 0.25) is 0 Å². The van der Waals surface area contributed by atoms with Crippen LogP contribution < -0.4 is 5.32 Å². The van der Waals surface area contributed by atoms with Crippen LogP contribution in [0.3, 0.4) is 0 Å². The van der Waals surface area contributed by atoms with E-state index in [0.29, 0.717) is 6.54 Å². The van der Waals surface area contributed by atoms with Gasteiger partial charge in [-0.05, 0) is 5.56 Å². The molecule has 70 valence electrons. The topological polar surface area (TPSA) is 55.2 Å². The molecule has 1 aromatic carbocycles. The van der Waals surface area contributed by atoms with E-state index in [-0.39, 0.29) is 23.0 Å². The number of nitrogens with one attached hydrogen (secondary N) is 1. The van der Waals surface area contributed by atoms with Crippen molar-refractivity contribution in [1.29, 1.82) is 0 Å². The molecule has 1 aromatic rings. The Balaban J connectivity index is 0.000000845. The summed E-state index contributed by atoms with van der Waals surface area (Å²) >= 11 is 0. The molecule has 1 heterocycles. The third-order valence-corrected chi connectivity index (χ3v) is 2.06. The van der Waals surface area contributed by atoms with Crippen LogP contribution in [-0.4, -0.2) is 4.92 Å². The average Bonchev–Trinajstić information content (AvgIpc) is 2.49. The second-order valence-corrected chi connectivity index (χ2v) is 2.78. The molecule has 1 aliphatic rings. The Morgan fingerprint density at radius 1 is 1.38 bits per heavy atom. The number of nitro benzene ring substituents is 1. The van der Waals surface area contributed by atoms with Crippen LogP contribution in [0.1, 0.15) is 11.1 Å². The summed E-state index contributed by atoms with van der Waals surface area (Å²) in [6, 6.07) is 5.19. The lowest BCUT2D eigenvalue weighted by Gasteiger charge is -1.97. The Labute approximate surface area is 81.5 Å². The van der Waals surface area contributed by atoms with Crippen molar-refractivity contribution in [2.24, 2.45) is 0 Å². The number of hydrogen-bond donors (Lipinski definition) is 1. The van der Waals surface area contributed by atoms with Gasteiger partial charge in [-0.3, -0.25) is 10.1 Å². The normalized spacial score (nSPS) is 13.2. The van der Waals surface area contributed by atoms with Gasteiger partial charge in [0.15, 0.2) is 0 Å². The molecule has 0 amide bonds. The third-order valence-electron chi connectivity index (χ3n) is 2.06. The van der Waals surface area contributed by atoms with Gasteiger partial charge in [0.2, 0.25) is 0 Å². The van der Waals surface area contributed by atoms with Crippen molar-refractivity contribution in [2.45, 2.75) is 13.1 Å². The molecule has 0 unspecified atom stereocenters. The SMILES string of the molecule is Cl.O=[N+]([O-])c1cccc2c1CNC2. The Kier molecular flexibility index (Phi) is 2.85. The van der Waals surface area contributed by atoms with Crippen LogP contribution in [0.5, 0.6) is 0 Å². The van der Waals surface area contributed by atoms with Crippen molar-refractivity contribution < 1.29 is 4.92 Å². The lowest BCUT2D eigenvalue weighted by Crippen LogP contribution is -2.01. The largest absolute Gasteiger partial charge is 0.308 e. The van der Waals surface area contributed by atoms with E-state index in [2.05, 4.69) is 5.32 Å². The standard InChI is InChI=1S/C8H8N2O2.ClH/c11-10(12)8-3-1-2-6-4-9-5-7(6)8;/h1-3,9H,4-5H2;1H. The first-order valence-electron chi connectivity index (χ1n) is 3.75. The molecule has 1 aliphatic heterocycles. The van der Waals surface area contributed by atoms with Gasteiger partial charge < -0.3 is 5.32 Å². The highest BCUT2D eigenvalue weighted by molar-refractivity contribution is 5.85. The van der Waals surface area contributed by atoms with E-state index in [4.69, 9.17) is 0 Å². The number of fused-ring (bicyclic) bond motifs is 1. The summed E-state index contributed by atoms with van der Waals surface area (Å²) in [6.45, 7) is 1.36. The van der Waals surface area contributed by atoms with Gasteiger partial charge in [-0.2, -0.15) is 0 Å². The first-order valence-corrected chi connectivity index (χ1v) is 3.75. The van der Waals surface area contributed by atoms with Crippen LogP contribution in [0.4, 0.5) is 5.69 Å². The van der Waals surface area contributed by atoms with Crippen molar-refractivity contribution in [2.75, 3.05) is 0 Å². The third kappa shape index (κ3) is 1.64. The van der Waals surface area contributed by atoms with Gasteiger partial charge in [-0.25, -0.2) is 0 Å². The fourth-order valence-corrected chi connectivity index (χ4v) is 1.48. The maximum Gasteiger partial charge on any atom is 0.274 e. The highest BCUT2D eigenvalue weighted by Crippen LogP contribution is 2.25. The zero-order valence-corrected chi connectivity index (χ0v) is 7.63. The zero-order valence-electron chi connectivity index (χ0n) is 6.82. The molecule has 0 radical (unpaired) electrons. The minimum absolute atomic E-state index is 0. The summed E-state index contributed by atoms with van der Waals surface area (Å²) in [5, 5.41) is 13.6. The first kappa shape index (κ1) is 9.95. The minimum Gasteiger partial charge on any atom is -0.308 e. The van der Waals surface area contributed by atoms with Gasteiger partial charge in [0.1, 0.15) is 0 Å². The molecule has 0 fully saturated rings. The van der Waals surface area contributed by atoms with Gasteiger partial charge >= 0.3 is 0 Å². The van der Waals surface area contributed by atoms with Gasteiger partial charge in [0.25, 0.3) is 5.69 Å². The molecule has 0 bridgehead atoms. The molecule has 13 heavy (non-hydrogen) atoms. The number of benzene rings is 1. The molecule has 2 rings (SSSR count). The summed E-state index contributed by atoms with van der Waals surface area (Å²) < 4.78 is 0. The molecule has 0 saturated carbocycles.